The zero-order chi connectivity index (χ0) is 13.7. The van der Waals surface area contributed by atoms with E-state index in [9.17, 15) is 9.13 Å². The van der Waals surface area contributed by atoms with Crippen LogP contribution in [-0.4, -0.2) is 42.6 Å². The van der Waals surface area contributed by atoms with Crippen LogP contribution in [0.15, 0.2) is 0 Å². The van der Waals surface area contributed by atoms with Crippen molar-refractivity contribution in [3.63, 3.8) is 0 Å². The maximum absolute atomic E-state index is 9.63. The van der Waals surface area contributed by atoms with E-state index in [4.69, 9.17) is 31.0 Å². The van der Waals surface area contributed by atoms with Crippen molar-refractivity contribution in [2.45, 2.75) is 37.8 Å². The van der Waals surface area contributed by atoms with E-state index >= 15 is 0 Å². The van der Waals surface area contributed by atoms with Crippen LogP contribution in [0, 0.1) is 0 Å². The van der Waals surface area contributed by atoms with Crippen molar-refractivity contribution in [3.05, 3.63) is 0 Å². The minimum Gasteiger partial charge on any atom is -0.412 e. The van der Waals surface area contributed by atoms with Gasteiger partial charge < -0.3 is 42.0 Å². The molecule has 11 nitrogen and oxygen atoms in total. The Morgan fingerprint density at radius 3 is 1.20 bits per heavy atom. The number of phosphoric acid groups is 2. The Hall–Kier alpha value is 0.788. The van der Waals surface area contributed by atoms with Gasteiger partial charge >= 0.3 is 15.6 Å². The molecule has 0 unspecified atom stereocenters. The third kappa shape index (κ3) is 18.8. The van der Waals surface area contributed by atoms with Crippen LogP contribution in [0.2, 0.25) is 0 Å². The Balaban J connectivity index is -0.000000112. The van der Waals surface area contributed by atoms with Gasteiger partial charge in [0.15, 0.2) is 0 Å². The molecule has 0 aromatic carbocycles. The van der Waals surface area contributed by atoms with E-state index in [-0.39, 0.29) is 44.1 Å². The largest absolute Gasteiger partial charge is 0.478 e. The summed E-state index contributed by atoms with van der Waals surface area (Å²) in [7, 11) is -10.1. The van der Waals surface area contributed by atoms with E-state index in [0.717, 1.165) is 12.8 Å². The first-order chi connectivity index (χ1) is 7.51. The van der Waals surface area contributed by atoms with E-state index in [1.807, 2.05) is 0 Å². The summed E-state index contributed by atoms with van der Waals surface area (Å²) < 4.78 is 22.2. The third-order valence-corrected chi connectivity index (χ3v) is 3.79. The molecule has 1 fully saturated rings. The second kappa shape index (κ2) is 12.3. The van der Waals surface area contributed by atoms with Gasteiger partial charge in [0.05, 0.1) is 0 Å². The van der Waals surface area contributed by atoms with Crippen LogP contribution in [-0.2, 0) is 34.5 Å². The van der Waals surface area contributed by atoms with E-state index in [0.29, 0.717) is 0 Å². The average Bonchev–Trinajstić information content (AvgIpc) is 2.04. The Labute approximate surface area is 130 Å². The smallest absolute Gasteiger partial charge is 0.412 e. The molecule has 2 atom stereocenters. The van der Waals surface area contributed by atoms with Gasteiger partial charge in [0.1, 0.15) is 0 Å². The first-order valence-electron chi connectivity index (χ1n) is 4.85. The van der Waals surface area contributed by atoms with Crippen LogP contribution < -0.4 is 11.5 Å². The third-order valence-electron chi connectivity index (χ3n) is 2.09. The van der Waals surface area contributed by atoms with Crippen molar-refractivity contribution < 1.29 is 65.0 Å². The van der Waals surface area contributed by atoms with Crippen LogP contribution in [0.1, 0.15) is 25.7 Å². The Morgan fingerprint density at radius 2 is 1.10 bits per heavy atom. The standard InChI is InChI=1S/C6H14N2.H4O7P2.2H2O.Pt/c7-5-3-1-2-4-6(5)8;1-8(2,3)7-9(4,5)6;;;/h5-6H,1-4,7-8H2;(H2,1,2,3)(H2,4,5,6);2*1H2;/t5-,6-;;;;/m1..../s1. The molecular formula is C6H22N2O9P2Pt. The SMILES string of the molecule is N[C@@H]1CCCC[C@H]1N.O.O.O=P(O)(O)OP(=O)(O)O.[Pt]. The summed E-state index contributed by atoms with van der Waals surface area (Å²) in [6.07, 6.45) is 4.80. The normalized spacial score (nSPS) is 22.1. The molecule has 0 saturated heterocycles. The van der Waals surface area contributed by atoms with E-state index in [1.165, 1.54) is 12.8 Å². The van der Waals surface area contributed by atoms with E-state index < -0.39 is 15.6 Å². The molecule has 1 aliphatic carbocycles. The average molecular weight is 523 g/mol. The molecule has 1 saturated carbocycles. The van der Waals surface area contributed by atoms with Gasteiger partial charge in [0.2, 0.25) is 0 Å². The molecule has 0 aromatic heterocycles. The molecule has 1 aliphatic rings. The molecule has 0 radical (unpaired) electrons. The Morgan fingerprint density at radius 1 is 0.850 bits per heavy atom. The summed E-state index contributed by atoms with van der Waals surface area (Å²) in [5, 5.41) is 0. The maximum Gasteiger partial charge on any atom is 0.478 e. The van der Waals surface area contributed by atoms with E-state index in [1.54, 1.807) is 0 Å². The maximum atomic E-state index is 9.63. The molecule has 0 amide bonds. The Bertz CT molecular complexity index is 292. The van der Waals surface area contributed by atoms with E-state index in [2.05, 4.69) is 4.31 Å². The predicted octanol–water partition coefficient (Wildman–Crippen LogP) is -2.25. The molecule has 130 valence electrons. The molecular weight excluding hydrogens is 501 g/mol. The zero-order valence-electron chi connectivity index (χ0n) is 10.4. The summed E-state index contributed by atoms with van der Waals surface area (Å²) >= 11 is 0. The topological polar surface area (TPSA) is 239 Å². The second-order valence-electron chi connectivity index (χ2n) is 3.67. The molecule has 0 aromatic rings. The van der Waals surface area contributed by atoms with Crippen molar-refractivity contribution in [2.24, 2.45) is 11.5 Å². The van der Waals surface area contributed by atoms with Gasteiger partial charge in [-0.3, -0.25) is 0 Å². The van der Waals surface area contributed by atoms with Crippen molar-refractivity contribution in [2.75, 3.05) is 0 Å². The number of nitrogens with two attached hydrogens (primary N) is 2. The summed E-state index contributed by atoms with van der Waals surface area (Å²) in [5.41, 5.74) is 11.3. The number of hydrogen-bond acceptors (Lipinski definition) is 5. The van der Waals surface area contributed by atoms with Gasteiger partial charge in [0, 0.05) is 33.1 Å². The molecule has 0 spiro atoms. The van der Waals surface area contributed by atoms with Crippen molar-refractivity contribution in [3.8, 4) is 0 Å². The van der Waals surface area contributed by atoms with Gasteiger partial charge in [0.25, 0.3) is 0 Å². The van der Waals surface area contributed by atoms with Gasteiger partial charge in [-0.25, -0.2) is 9.13 Å². The second-order valence-corrected chi connectivity index (χ2v) is 6.29. The Kier molecular flexibility index (Phi) is 17.8. The van der Waals surface area contributed by atoms with Crippen LogP contribution in [0.3, 0.4) is 0 Å². The summed E-state index contributed by atoms with van der Waals surface area (Å²) in [6, 6.07) is 0.562. The minimum absolute atomic E-state index is 0. The number of rotatable bonds is 2. The van der Waals surface area contributed by atoms with Crippen LogP contribution in [0.4, 0.5) is 0 Å². The van der Waals surface area contributed by atoms with Crippen molar-refractivity contribution in [1.29, 1.82) is 0 Å². The summed E-state index contributed by atoms with van der Waals surface area (Å²) in [5.74, 6) is 0. The van der Waals surface area contributed by atoms with Crippen LogP contribution >= 0.6 is 15.6 Å². The van der Waals surface area contributed by atoms with Gasteiger partial charge in [-0.05, 0) is 12.8 Å². The predicted molar refractivity (Wildman–Crippen MR) is 66.8 cm³/mol. The summed E-state index contributed by atoms with van der Waals surface area (Å²) in [6.45, 7) is 0. The first-order valence-corrected chi connectivity index (χ1v) is 7.91. The van der Waals surface area contributed by atoms with Gasteiger partial charge in [-0.2, -0.15) is 4.31 Å². The minimum atomic E-state index is -5.05. The van der Waals surface area contributed by atoms with Crippen LogP contribution in [0.25, 0.3) is 0 Å². The monoisotopic (exact) mass is 523 g/mol. The fraction of sp³-hybridized carbons (Fsp3) is 1.00. The fourth-order valence-electron chi connectivity index (χ4n) is 1.33. The molecule has 0 heterocycles. The molecule has 20 heavy (non-hydrogen) atoms. The molecule has 12 N–H and O–H groups in total. The zero-order valence-corrected chi connectivity index (χ0v) is 14.4. The fourth-order valence-corrected chi connectivity index (χ4v) is 2.44. The molecule has 1 rings (SSSR count). The van der Waals surface area contributed by atoms with Crippen molar-refractivity contribution in [1.82, 2.24) is 0 Å². The number of hydrogen-bond donors (Lipinski definition) is 6. The molecule has 0 aliphatic heterocycles. The van der Waals surface area contributed by atoms with Gasteiger partial charge in [-0.1, -0.05) is 12.8 Å². The molecule has 14 heteroatoms. The van der Waals surface area contributed by atoms with Crippen molar-refractivity contribution >= 4 is 15.6 Å². The first kappa shape index (κ1) is 28.9. The van der Waals surface area contributed by atoms with Crippen LogP contribution in [0.5, 0.6) is 0 Å². The van der Waals surface area contributed by atoms with Gasteiger partial charge in [-0.15, -0.1) is 0 Å². The summed E-state index contributed by atoms with van der Waals surface area (Å²) in [4.78, 5) is 31.0. The molecule has 0 bridgehead atoms. The quantitative estimate of drug-likeness (QED) is 0.214.